The van der Waals surface area contributed by atoms with Crippen molar-refractivity contribution in [3.63, 3.8) is 0 Å². The lowest BCUT2D eigenvalue weighted by atomic mass is 9.98. The molecule has 1 atom stereocenters. The molecule has 2 aromatic carbocycles. The Morgan fingerprint density at radius 3 is 2.43 bits per heavy atom. The van der Waals surface area contributed by atoms with Crippen molar-refractivity contribution in [3.8, 4) is 5.75 Å². The van der Waals surface area contributed by atoms with Gasteiger partial charge in [-0.1, -0.05) is 40.2 Å². The van der Waals surface area contributed by atoms with Crippen molar-refractivity contribution in [1.82, 2.24) is 0 Å². The number of aryl methyl sites for hydroxylation is 2. The van der Waals surface area contributed by atoms with Gasteiger partial charge in [-0.15, -0.1) is 0 Å². The summed E-state index contributed by atoms with van der Waals surface area (Å²) in [5.74, 6) is -0.215. The van der Waals surface area contributed by atoms with Gasteiger partial charge in [0.05, 0.1) is 13.2 Å². The molecular weight excluding hydrogens is 335 g/mol. The van der Waals surface area contributed by atoms with E-state index in [1.54, 1.807) is 18.2 Å². The molecule has 0 saturated heterocycles. The molecule has 1 unspecified atom stereocenters. The van der Waals surface area contributed by atoms with Gasteiger partial charge in [0.25, 0.3) is 0 Å². The van der Waals surface area contributed by atoms with Crippen molar-refractivity contribution < 1.29 is 14.2 Å². The fourth-order valence-electron chi connectivity index (χ4n) is 2.37. The zero-order chi connectivity index (χ0) is 15.6. The highest BCUT2D eigenvalue weighted by molar-refractivity contribution is 9.10. The van der Waals surface area contributed by atoms with Crippen molar-refractivity contribution in [2.75, 3.05) is 7.11 Å². The van der Waals surface area contributed by atoms with Gasteiger partial charge in [-0.2, -0.15) is 0 Å². The Labute approximate surface area is 132 Å². The van der Waals surface area contributed by atoms with Crippen LogP contribution in [0.25, 0.3) is 0 Å². The van der Waals surface area contributed by atoms with Crippen LogP contribution in [0.15, 0.2) is 34.8 Å². The average Bonchev–Trinajstić information content (AvgIpc) is 2.46. The molecule has 0 heterocycles. The zero-order valence-corrected chi connectivity index (χ0v) is 13.9. The number of aliphatic hydroxyl groups excluding tert-OH is 1. The predicted molar refractivity (Wildman–Crippen MR) is 85.2 cm³/mol. The Kier molecular flexibility index (Phi) is 5.01. The number of benzene rings is 2. The Morgan fingerprint density at radius 2 is 1.86 bits per heavy atom. The first-order chi connectivity index (χ1) is 9.93. The number of halogens is 2. The van der Waals surface area contributed by atoms with E-state index >= 15 is 0 Å². The van der Waals surface area contributed by atoms with Gasteiger partial charge in [-0.3, -0.25) is 0 Å². The Bertz CT molecular complexity index is 632. The molecule has 112 valence electrons. The van der Waals surface area contributed by atoms with E-state index in [0.717, 1.165) is 21.2 Å². The van der Waals surface area contributed by atoms with Gasteiger partial charge < -0.3 is 9.84 Å². The Morgan fingerprint density at radius 1 is 1.24 bits per heavy atom. The second-order valence-electron chi connectivity index (χ2n) is 5.12. The lowest BCUT2D eigenvalue weighted by Crippen LogP contribution is -2.05. The topological polar surface area (TPSA) is 29.5 Å². The minimum Gasteiger partial charge on any atom is -0.494 e. The molecular formula is C17H18BrFO2. The maximum atomic E-state index is 14.1. The van der Waals surface area contributed by atoms with Crippen molar-refractivity contribution >= 4 is 15.9 Å². The summed E-state index contributed by atoms with van der Waals surface area (Å²) in [5.41, 5.74) is 3.33. The third kappa shape index (κ3) is 3.44. The van der Waals surface area contributed by atoms with Crippen LogP contribution in [-0.2, 0) is 6.42 Å². The lowest BCUT2D eigenvalue weighted by molar-refractivity contribution is 0.176. The summed E-state index contributed by atoms with van der Waals surface area (Å²) in [6.45, 7) is 3.94. The van der Waals surface area contributed by atoms with Crippen molar-refractivity contribution in [2.45, 2.75) is 26.4 Å². The molecule has 0 bridgehead atoms. The molecule has 2 rings (SSSR count). The molecule has 0 spiro atoms. The summed E-state index contributed by atoms with van der Waals surface area (Å²) in [6, 6.07) is 8.79. The number of rotatable bonds is 4. The van der Waals surface area contributed by atoms with Crippen LogP contribution in [-0.4, -0.2) is 12.2 Å². The van der Waals surface area contributed by atoms with Crippen molar-refractivity contribution in [2.24, 2.45) is 0 Å². The van der Waals surface area contributed by atoms with E-state index in [4.69, 9.17) is 4.74 Å². The summed E-state index contributed by atoms with van der Waals surface area (Å²) in [6.07, 6.45) is -0.541. The Hall–Kier alpha value is -1.39. The zero-order valence-electron chi connectivity index (χ0n) is 12.3. The van der Waals surface area contributed by atoms with E-state index in [0.29, 0.717) is 5.56 Å². The third-order valence-electron chi connectivity index (χ3n) is 3.52. The van der Waals surface area contributed by atoms with Gasteiger partial charge in [-0.25, -0.2) is 4.39 Å². The fourth-order valence-corrected chi connectivity index (χ4v) is 2.60. The molecule has 0 aliphatic heterocycles. The quantitative estimate of drug-likeness (QED) is 0.878. The van der Waals surface area contributed by atoms with Crippen LogP contribution in [0.3, 0.4) is 0 Å². The van der Waals surface area contributed by atoms with Crippen molar-refractivity contribution in [1.29, 1.82) is 0 Å². The smallest absolute Gasteiger partial charge is 0.168 e. The van der Waals surface area contributed by atoms with Crippen LogP contribution >= 0.6 is 15.9 Å². The molecule has 0 amide bonds. The SMILES string of the molecule is COc1cccc(CC(O)c2cc(C)c(Br)c(C)c2)c1F. The van der Waals surface area contributed by atoms with Crippen LogP contribution in [0.2, 0.25) is 0 Å². The molecule has 0 fully saturated rings. The molecule has 4 heteroatoms. The van der Waals surface area contributed by atoms with Crippen LogP contribution in [0.1, 0.15) is 28.4 Å². The first kappa shape index (κ1) is 16.0. The maximum Gasteiger partial charge on any atom is 0.168 e. The minimum atomic E-state index is -0.753. The van der Waals surface area contributed by atoms with E-state index in [-0.39, 0.29) is 12.2 Å². The van der Waals surface area contributed by atoms with E-state index in [1.807, 2.05) is 26.0 Å². The molecule has 21 heavy (non-hydrogen) atoms. The monoisotopic (exact) mass is 352 g/mol. The first-order valence-corrected chi connectivity index (χ1v) is 7.49. The molecule has 0 saturated carbocycles. The molecule has 2 aromatic rings. The summed E-state index contributed by atoms with van der Waals surface area (Å²) in [4.78, 5) is 0. The lowest BCUT2D eigenvalue weighted by Gasteiger charge is -2.15. The largest absolute Gasteiger partial charge is 0.494 e. The van der Waals surface area contributed by atoms with Gasteiger partial charge in [0.2, 0.25) is 0 Å². The number of methoxy groups -OCH3 is 1. The summed E-state index contributed by atoms with van der Waals surface area (Å²) >= 11 is 3.50. The number of aliphatic hydroxyl groups is 1. The van der Waals surface area contributed by atoms with Crippen molar-refractivity contribution in [3.05, 3.63) is 62.9 Å². The van der Waals surface area contributed by atoms with E-state index in [2.05, 4.69) is 15.9 Å². The van der Waals surface area contributed by atoms with Gasteiger partial charge in [0.1, 0.15) is 0 Å². The normalized spacial score (nSPS) is 12.3. The molecule has 1 N–H and O–H groups in total. The molecule has 2 nitrogen and oxygen atoms in total. The average molecular weight is 353 g/mol. The van der Waals surface area contributed by atoms with Gasteiger partial charge >= 0.3 is 0 Å². The molecule has 0 aliphatic carbocycles. The van der Waals surface area contributed by atoms with Crippen LogP contribution in [0.5, 0.6) is 5.75 Å². The Balaban J connectivity index is 2.28. The fraction of sp³-hybridized carbons (Fsp3) is 0.294. The standard InChI is InChI=1S/C17H18BrFO2/c1-10-7-13(8-11(2)16(10)18)14(20)9-12-5-4-6-15(21-3)17(12)19/h4-8,14,20H,9H2,1-3H3. The molecule has 0 radical (unpaired) electrons. The second kappa shape index (κ2) is 6.58. The number of hydrogen-bond acceptors (Lipinski definition) is 2. The molecule has 0 aromatic heterocycles. The summed E-state index contributed by atoms with van der Waals surface area (Å²) < 4.78 is 20.1. The van der Waals surface area contributed by atoms with Gasteiger partial charge in [0.15, 0.2) is 11.6 Å². The third-order valence-corrected chi connectivity index (χ3v) is 4.77. The van der Waals surface area contributed by atoms with Crippen LogP contribution in [0.4, 0.5) is 4.39 Å². The van der Waals surface area contributed by atoms with Gasteiger partial charge in [-0.05, 0) is 42.2 Å². The predicted octanol–water partition coefficient (Wildman–Crippen LogP) is 4.49. The number of hydrogen-bond donors (Lipinski definition) is 1. The maximum absolute atomic E-state index is 14.1. The highest BCUT2D eigenvalue weighted by Crippen LogP contribution is 2.29. The van der Waals surface area contributed by atoms with Gasteiger partial charge in [0, 0.05) is 10.9 Å². The summed E-state index contributed by atoms with van der Waals surface area (Å²) in [5, 5.41) is 10.4. The first-order valence-electron chi connectivity index (χ1n) is 6.70. The van der Waals surface area contributed by atoms with Crippen LogP contribution < -0.4 is 4.74 Å². The minimum absolute atomic E-state index is 0.197. The highest BCUT2D eigenvalue weighted by atomic mass is 79.9. The number of ether oxygens (including phenoxy) is 1. The van der Waals surface area contributed by atoms with E-state index in [1.165, 1.54) is 7.11 Å². The second-order valence-corrected chi connectivity index (χ2v) is 5.91. The summed E-state index contributed by atoms with van der Waals surface area (Å²) in [7, 11) is 1.43. The molecule has 0 aliphatic rings. The highest BCUT2D eigenvalue weighted by Gasteiger charge is 2.15. The van der Waals surface area contributed by atoms with E-state index in [9.17, 15) is 9.50 Å². The van der Waals surface area contributed by atoms with E-state index < -0.39 is 11.9 Å². The van der Waals surface area contributed by atoms with Crippen LogP contribution in [0, 0.1) is 19.7 Å².